The zero-order chi connectivity index (χ0) is 27.6. The molecule has 3 rings (SSSR count). The standard InChI is InChI=1S/C19H31FO.C16H18/c1-7-19(20,8-2)16-11-9-15(14(3)13-16)10-12-17(21)18(4,5)6;1-3-7-14-9-6-10-15(12-14)16-11-5-4-8-13(16)2/h9,11,13,17,21H,7-8,10,12H2,1-6H3;4-6,8-12H,3,7H2,1-2H3. The van der Waals surface area contributed by atoms with Gasteiger partial charge in [0, 0.05) is 0 Å². The molecule has 37 heavy (non-hydrogen) atoms. The molecule has 1 unspecified atom stereocenters. The number of halogens is 1. The summed E-state index contributed by atoms with van der Waals surface area (Å²) >= 11 is 0. The van der Waals surface area contributed by atoms with Gasteiger partial charge in [-0.3, -0.25) is 0 Å². The summed E-state index contributed by atoms with van der Waals surface area (Å²) in [7, 11) is 0. The summed E-state index contributed by atoms with van der Waals surface area (Å²) in [6, 6.07) is 23.4. The summed E-state index contributed by atoms with van der Waals surface area (Å²) in [6.07, 6.45) is 4.64. The van der Waals surface area contributed by atoms with Gasteiger partial charge in [-0.2, -0.15) is 0 Å². The van der Waals surface area contributed by atoms with Crippen LogP contribution in [-0.2, 0) is 18.5 Å². The van der Waals surface area contributed by atoms with Crippen LogP contribution in [0.1, 0.15) is 95.0 Å². The summed E-state index contributed by atoms with van der Waals surface area (Å²) in [4.78, 5) is 0. The van der Waals surface area contributed by atoms with Gasteiger partial charge in [0.1, 0.15) is 5.67 Å². The minimum atomic E-state index is -1.21. The Morgan fingerprint density at radius 2 is 1.46 bits per heavy atom. The fraction of sp³-hybridized carbons (Fsp3) is 0.486. The number of alkyl halides is 1. The van der Waals surface area contributed by atoms with Crippen LogP contribution in [0.3, 0.4) is 0 Å². The van der Waals surface area contributed by atoms with Gasteiger partial charge in [0.05, 0.1) is 6.10 Å². The van der Waals surface area contributed by atoms with Crippen molar-refractivity contribution in [2.45, 2.75) is 106 Å². The molecular formula is C35H49FO. The van der Waals surface area contributed by atoms with E-state index in [0.29, 0.717) is 12.8 Å². The van der Waals surface area contributed by atoms with Crippen LogP contribution in [0.4, 0.5) is 4.39 Å². The third-order valence-corrected chi connectivity index (χ3v) is 7.59. The van der Waals surface area contributed by atoms with Crippen molar-refractivity contribution in [1.82, 2.24) is 0 Å². The Hall–Kier alpha value is -2.45. The monoisotopic (exact) mass is 504 g/mol. The Morgan fingerprint density at radius 3 is 2.03 bits per heavy atom. The van der Waals surface area contributed by atoms with Gasteiger partial charge in [0.25, 0.3) is 0 Å². The molecule has 0 aliphatic heterocycles. The molecule has 1 N–H and O–H groups in total. The molecule has 0 saturated heterocycles. The first-order chi connectivity index (χ1) is 17.4. The van der Waals surface area contributed by atoms with Gasteiger partial charge in [-0.05, 0) is 90.3 Å². The van der Waals surface area contributed by atoms with Crippen LogP contribution in [0.5, 0.6) is 0 Å². The Balaban J connectivity index is 0.000000269. The summed E-state index contributed by atoms with van der Waals surface area (Å²) in [5.74, 6) is 0. The Kier molecular flexibility index (Phi) is 11.6. The highest BCUT2D eigenvalue weighted by atomic mass is 19.1. The van der Waals surface area contributed by atoms with Crippen LogP contribution in [-0.4, -0.2) is 11.2 Å². The number of aliphatic hydroxyl groups is 1. The van der Waals surface area contributed by atoms with Crippen LogP contribution in [0, 0.1) is 19.3 Å². The second-order valence-electron chi connectivity index (χ2n) is 11.5. The Labute approximate surface area is 226 Å². The van der Waals surface area contributed by atoms with E-state index in [4.69, 9.17) is 0 Å². The molecule has 3 aromatic rings. The van der Waals surface area contributed by atoms with Crippen LogP contribution in [0.2, 0.25) is 0 Å². The molecule has 0 aliphatic carbocycles. The average Bonchev–Trinajstić information content (AvgIpc) is 2.87. The number of hydrogen-bond donors (Lipinski definition) is 1. The summed E-state index contributed by atoms with van der Waals surface area (Å²) in [5, 5.41) is 10.1. The van der Waals surface area contributed by atoms with Crippen molar-refractivity contribution in [3.05, 3.63) is 94.5 Å². The van der Waals surface area contributed by atoms with Crippen molar-refractivity contribution in [1.29, 1.82) is 0 Å². The van der Waals surface area contributed by atoms with E-state index in [0.717, 1.165) is 24.0 Å². The fourth-order valence-corrected chi connectivity index (χ4v) is 4.72. The second kappa shape index (κ2) is 13.9. The second-order valence-corrected chi connectivity index (χ2v) is 11.5. The molecule has 0 bridgehead atoms. The van der Waals surface area contributed by atoms with E-state index in [9.17, 15) is 9.50 Å². The first-order valence-electron chi connectivity index (χ1n) is 14.1. The highest BCUT2D eigenvalue weighted by Crippen LogP contribution is 2.34. The molecule has 3 aromatic carbocycles. The maximum Gasteiger partial charge on any atom is 0.135 e. The maximum atomic E-state index is 14.7. The van der Waals surface area contributed by atoms with E-state index >= 15 is 0 Å². The average molecular weight is 505 g/mol. The molecule has 2 heteroatoms. The molecule has 0 saturated carbocycles. The van der Waals surface area contributed by atoms with Gasteiger partial charge in [-0.25, -0.2) is 4.39 Å². The lowest BCUT2D eigenvalue weighted by atomic mass is 9.84. The van der Waals surface area contributed by atoms with Crippen molar-refractivity contribution >= 4 is 0 Å². The Bertz CT molecular complexity index is 1100. The molecule has 0 fully saturated rings. The zero-order valence-electron chi connectivity index (χ0n) is 24.5. The van der Waals surface area contributed by atoms with Crippen LogP contribution >= 0.6 is 0 Å². The van der Waals surface area contributed by atoms with Gasteiger partial charge in [-0.1, -0.05) is 115 Å². The van der Waals surface area contributed by atoms with Gasteiger partial charge >= 0.3 is 0 Å². The molecule has 202 valence electrons. The highest BCUT2D eigenvalue weighted by Gasteiger charge is 2.28. The fourth-order valence-electron chi connectivity index (χ4n) is 4.72. The lowest BCUT2D eigenvalue weighted by Gasteiger charge is -2.26. The largest absolute Gasteiger partial charge is 0.393 e. The maximum absolute atomic E-state index is 14.7. The van der Waals surface area contributed by atoms with Crippen molar-refractivity contribution in [3.8, 4) is 11.1 Å². The normalized spacial score (nSPS) is 12.6. The van der Waals surface area contributed by atoms with Crippen molar-refractivity contribution in [2.24, 2.45) is 5.41 Å². The van der Waals surface area contributed by atoms with Crippen molar-refractivity contribution < 1.29 is 9.50 Å². The summed E-state index contributed by atoms with van der Waals surface area (Å²) < 4.78 is 14.7. The van der Waals surface area contributed by atoms with Crippen molar-refractivity contribution in [2.75, 3.05) is 0 Å². The lowest BCUT2D eigenvalue weighted by molar-refractivity contribution is 0.0559. The summed E-state index contributed by atoms with van der Waals surface area (Å²) in [5.41, 5.74) is 7.27. The molecule has 0 aromatic heterocycles. The van der Waals surface area contributed by atoms with E-state index in [1.54, 1.807) is 0 Å². The van der Waals surface area contributed by atoms with Gasteiger partial charge in [-0.15, -0.1) is 0 Å². The number of aryl methyl sites for hydroxylation is 4. The van der Waals surface area contributed by atoms with Gasteiger partial charge in [0.2, 0.25) is 0 Å². The minimum Gasteiger partial charge on any atom is -0.393 e. The molecule has 0 radical (unpaired) electrons. The molecular weight excluding hydrogens is 455 g/mol. The molecule has 1 nitrogen and oxygen atoms in total. The first kappa shape index (κ1) is 30.8. The van der Waals surface area contributed by atoms with Crippen LogP contribution in [0.25, 0.3) is 11.1 Å². The molecule has 0 heterocycles. The van der Waals surface area contributed by atoms with E-state index in [1.165, 1.54) is 40.7 Å². The van der Waals surface area contributed by atoms with Gasteiger partial charge < -0.3 is 5.11 Å². The Morgan fingerprint density at radius 1 is 0.784 bits per heavy atom. The first-order valence-corrected chi connectivity index (χ1v) is 14.1. The number of hydrogen-bond acceptors (Lipinski definition) is 1. The van der Waals surface area contributed by atoms with E-state index in [2.05, 4.69) is 62.4 Å². The van der Waals surface area contributed by atoms with Crippen LogP contribution < -0.4 is 0 Å². The third kappa shape index (κ3) is 8.82. The van der Waals surface area contributed by atoms with Gasteiger partial charge in [0.15, 0.2) is 0 Å². The van der Waals surface area contributed by atoms with E-state index in [-0.39, 0.29) is 11.5 Å². The van der Waals surface area contributed by atoms with E-state index in [1.807, 2.05) is 59.7 Å². The lowest BCUT2D eigenvalue weighted by Crippen LogP contribution is -2.26. The quantitative estimate of drug-likeness (QED) is 0.307. The number of rotatable bonds is 9. The highest BCUT2D eigenvalue weighted by molar-refractivity contribution is 5.67. The number of aliphatic hydroxyl groups excluding tert-OH is 1. The van der Waals surface area contributed by atoms with Crippen molar-refractivity contribution in [3.63, 3.8) is 0 Å². The molecule has 0 aliphatic rings. The predicted molar refractivity (Wildman–Crippen MR) is 159 cm³/mol. The zero-order valence-corrected chi connectivity index (χ0v) is 24.5. The number of benzene rings is 3. The molecule has 0 spiro atoms. The molecule has 1 atom stereocenters. The van der Waals surface area contributed by atoms with Crippen LogP contribution in [0.15, 0.2) is 66.7 Å². The third-order valence-electron chi connectivity index (χ3n) is 7.59. The minimum absolute atomic E-state index is 0.0909. The van der Waals surface area contributed by atoms with E-state index < -0.39 is 5.67 Å². The topological polar surface area (TPSA) is 20.2 Å². The SMILES string of the molecule is CCC(F)(CC)c1ccc(CCC(O)C(C)(C)C)c(C)c1.CCCc1cccc(-c2ccccc2C)c1. The predicted octanol–water partition coefficient (Wildman–Crippen LogP) is 9.93. The molecule has 0 amide bonds. The smallest absolute Gasteiger partial charge is 0.135 e. The summed E-state index contributed by atoms with van der Waals surface area (Å²) in [6.45, 7) is 16.4.